The molecule has 6 nitrogen and oxygen atoms in total. The highest BCUT2D eigenvalue weighted by atomic mass is 32.1. The van der Waals surface area contributed by atoms with Gasteiger partial charge in [-0.2, -0.15) is 22.0 Å². The SMILES string of the molecule is COc1ccc(OC)c(NC(=S)Nc2cc(OCC(F)(F)F)cc(OCC(F)(F)C(F)F)c2)c1. The summed E-state index contributed by atoms with van der Waals surface area (Å²) < 4.78 is 108. The second-order valence-electron chi connectivity index (χ2n) is 6.59. The summed E-state index contributed by atoms with van der Waals surface area (Å²) in [6.45, 7) is -3.40. The third-order valence-corrected chi connectivity index (χ3v) is 4.15. The zero-order chi connectivity index (χ0) is 25.5. The van der Waals surface area contributed by atoms with Gasteiger partial charge in [-0.25, -0.2) is 8.78 Å². The van der Waals surface area contributed by atoms with Gasteiger partial charge < -0.3 is 29.6 Å². The van der Waals surface area contributed by atoms with Gasteiger partial charge in [0, 0.05) is 30.0 Å². The predicted molar refractivity (Wildman–Crippen MR) is 114 cm³/mol. The van der Waals surface area contributed by atoms with Crippen LogP contribution in [0, 0.1) is 0 Å². The minimum Gasteiger partial charge on any atom is -0.497 e. The molecule has 0 fully saturated rings. The topological polar surface area (TPSA) is 61.0 Å². The fourth-order valence-electron chi connectivity index (χ4n) is 2.41. The zero-order valence-electron chi connectivity index (χ0n) is 17.6. The maximum absolute atomic E-state index is 13.2. The smallest absolute Gasteiger partial charge is 0.422 e. The molecule has 188 valence electrons. The maximum atomic E-state index is 13.2. The van der Waals surface area contributed by atoms with Crippen molar-refractivity contribution in [2.45, 2.75) is 18.5 Å². The van der Waals surface area contributed by atoms with Crippen LogP contribution in [0.4, 0.5) is 42.1 Å². The molecule has 34 heavy (non-hydrogen) atoms. The first-order chi connectivity index (χ1) is 15.8. The molecule has 0 unspecified atom stereocenters. The van der Waals surface area contributed by atoms with Gasteiger partial charge in [0.2, 0.25) is 0 Å². The molecule has 0 aromatic heterocycles. The lowest BCUT2D eigenvalue weighted by molar-refractivity contribution is -0.153. The first-order valence-corrected chi connectivity index (χ1v) is 9.67. The number of ether oxygens (including phenoxy) is 4. The van der Waals surface area contributed by atoms with Crippen LogP contribution in [-0.4, -0.2) is 51.1 Å². The van der Waals surface area contributed by atoms with E-state index in [1.807, 2.05) is 0 Å². The van der Waals surface area contributed by atoms with E-state index in [1.165, 1.54) is 14.2 Å². The summed E-state index contributed by atoms with van der Waals surface area (Å²) in [5.41, 5.74) is 0.339. The predicted octanol–water partition coefficient (Wildman–Crippen LogP) is 5.73. The normalized spacial score (nSPS) is 11.7. The molecule has 0 heterocycles. The monoisotopic (exact) mass is 516 g/mol. The molecule has 14 heteroatoms. The molecule has 2 rings (SSSR count). The molecular weight excluding hydrogens is 497 g/mol. The number of hydrogen-bond donors (Lipinski definition) is 2. The molecule has 0 spiro atoms. The lowest BCUT2D eigenvalue weighted by Gasteiger charge is -2.18. The van der Waals surface area contributed by atoms with Crippen LogP contribution in [0.1, 0.15) is 0 Å². The van der Waals surface area contributed by atoms with Crippen LogP contribution in [0.5, 0.6) is 23.0 Å². The third kappa shape index (κ3) is 8.32. The fourth-order valence-corrected chi connectivity index (χ4v) is 2.64. The average molecular weight is 516 g/mol. The summed E-state index contributed by atoms with van der Waals surface area (Å²) in [4.78, 5) is 0. The standard InChI is InChI=1S/C20H19F7N2O4S/c1-30-12-3-4-16(31-2)15(8-12)29-18(34)28-11-5-13(32-9-19(23,24)17(21)22)7-14(6-11)33-10-20(25,26)27/h3-8,17H,9-10H2,1-2H3,(H2,28,29,34). The molecule has 0 atom stereocenters. The number of anilines is 2. The van der Waals surface area contributed by atoms with Gasteiger partial charge in [-0.3, -0.25) is 0 Å². The van der Waals surface area contributed by atoms with E-state index < -0.39 is 43.2 Å². The molecule has 0 saturated heterocycles. The van der Waals surface area contributed by atoms with Crippen molar-refractivity contribution in [3.63, 3.8) is 0 Å². The molecule has 0 radical (unpaired) electrons. The first-order valence-electron chi connectivity index (χ1n) is 9.26. The lowest BCUT2D eigenvalue weighted by Crippen LogP contribution is -2.33. The van der Waals surface area contributed by atoms with Crippen molar-refractivity contribution in [1.82, 2.24) is 0 Å². The summed E-state index contributed by atoms with van der Waals surface area (Å²) in [7, 11) is 2.84. The van der Waals surface area contributed by atoms with Gasteiger partial charge in [-0.1, -0.05) is 0 Å². The Morgan fingerprint density at radius 1 is 0.853 bits per heavy atom. The summed E-state index contributed by atoms with van der Waals surface area (Å²) in [6, 6.07) is 7.77. The van der Waals surface area contributed by atoms with Crippen LogP contribution >= 0.6 is 12.2 Å². The van der Waals surface area contributed by atoms with E-state index in [9.17, 15) is 30.7 Å². The Morgan fingerprint density at radius 2 is 1.47 bits per heavy atom. The summed E-state index contributed by atoms with van der Waals surface area (Å²) in [5, 5.41) is 5.33. The minimum atomic E-state index is -4.69. The molecule has 0 aliphatic carbocycles. The molecule has 0 aliphatic heterocycles. The van der Waals surface area contributed by atoms with Crippen LogP contribution < -0.4 is 29.6 Å². The number of alkyl halides is 7. The minimum absolute atomic E-state index is 0.0330. The first kappa shape index (κ1) is 27.1. The maximum Gasteiger partial charge on any atom is 0.422 e. The van der Waals surface area contributed by atoms with Crippen molar-refractivity contribution >= 4 is 28.7 Å². The molecule has 0 aliphatic rings. The highest BCUT2D eigenvalue weighted by molar-refractivity contribution is 7.80. The molecule has 2 aromatic carbocycles. The van der Waals surface area contributed by atoms with E-state index >= 15 is 0 Å². The van der Waals surface area contributed by atoms with E-state index in [-0.39, 0.29) is 10.8 Å². The number of halogens is 7. The number of thiocarbonyl (C=S) groups is 1. The molecule has 2 N–H and O–H groups in total. The molecule has 2 aromatic rings. The van der Waals surface area contributed by atoms with Crippen molar-refractivity contribution < 1.29 is 49.7 Å². The van der Waals surface area contributed by atoms with Crippen LogP contribution in [0.2, 0.25) is 0 Å². The van der Waals surface area contributed by atoms with Crippen molar-refractivity contribution in [2.75, 3.05) is 38.1 Å². The van der Waals surface area contributed by atoms with E-state index in [2.05, 4.69) is 20.1 Å². The molecule has 0 saturated carbocycles. The van der Waals surface area contributed by atoms with Crippen molar-refractivity contribution in [3.05, 3.63) is 36.4 Å². The zero-order valence-corrected chi connectivity index (χ0v) is 18.5. The largest absolute Gasteiger partial charge is 0.497 e. The van der Waals surface area contributed by atoms with E-state index in [1.54, 1.807) is 18.2 Å². The highest BCUT2D eigenvalue weighted by Gasteiger charge is 2.41. The van der Waals surface area contributed by atoms with Crippen LogP contribution in [0.3, 0.4) is 0 Å². The third-order valence-electron chi connectivity index (χ3n) is 3.95. The van der Waals surface area contributed by atoms with Crippen LogP contribution in [0.25, 0.3) is 0 Å². The second kappa shape index (κ2) is 11.3. The van der Waals surface area contributed by atoms with Gasteiger partial charge in [0.05, 0.1) is 19.9 Å². The lowest BCUT2D eigenvalue weighted by atomic mass is 10.2. The number of nitrogens with one attached hydrogen (secondary N) is 2. The van der Waals surface area contributed by atoms with E-state index in [4.69, 9.17) is 21.7 Å². The Hall–Kier alpha value is -3.16. The van der Waals surface area contributed by atoms with Crippen LogP contribution in [0.15, 0.2) is 36.4 Å². The van der Waals surface area contributed by atoms with Crippen molar-refractivity contribution in [1.29, 1.82) is 0 Å². The van der Waals surface area contributed by atoms with Gasteiger partial charge in [0.15, 0.2) is 18.3 Å². The fraction of sp³-hybridized carbons (Fsp3) is 0.350. The Bertz CT molecular complexity index is 990. The number of rotatable bonds is 10. The summed E-state index contributed by atoms with van der Waals surface area (Å²) in [6.07, 6.45) is -8.68. The number of benzene rings is 2. The summed E-state index contributed by atoms with van der Waals surface area (Å²) >= 11 is 5.17. The van der Waals surface area contributed by atoms with Crippen molar-refractivity contribution in [3.8, 4) is 23.0 Å². The Labute approximate surface area is 194 Å². The number of hydrogen-bond acceptors (Lipinski definition) is 5. The van der Waals surface area contributed by atoms with Gasteiger partial charge >= 0.3 is 18.5 Å². The second-order valence-corrected chi connectivity index (χ2v) is 7.00. The highest BCUT2D eigenvalue weighted by Crippen LogP contribution is 2.32. The van der Waals surface area contributed by atoms with E-state index in [0.717, 1.165) is 18.2 Å². The molecule has 0 amide bonds. The van der Waals surface area contributed by atoms with Crippen molar-refractivity contribution in [2.24, 2.45) is 0 Å². The molecule has 0 bridgehead atoms. The van der Waals surface area contributed by atoms with Gasteiger partial charge in [-0.05, 0) is 24.4 Å². The van der Waals surface area contributed by atoms with Crippen LogP contribution in [-0.2, 0) is 0 Å². The summed E-state index contributed by atoms with van der Waals surface area (Å²) in [5.74, 6) is -4.52. The number of methoxy groups -OCH3 is 2. The average Bonchev–Trinajstić information content (AvgIpc) is 2.75. The Balaban J connectivity index is 2.23. The van der Waals surface area contributed by atoms with E-state index in [0.29, 0.717) is 17.2 Å². The van der Waals surface area contributed by atoms with Gasteiger partial charge in [0.1, 0.15) is 23.0 Å². The Morgan fingerprint density at radius 3 is 2.00 bits per heavy atom. The quantitative estimate of drug-likeness (QED) is 0.309. The Kier molecular flexibility index (Phi) is 9.01. The van der Waals surface area contributed by atoms with Gasteiger partial charge in [0.25, 0.3) is 0 Å². The van der Waals surface area contributed by atoms with Gasteiger partial charge in [-0.15, -0.1) is 0 Å². The molecular formula is C20H19F7N2O4S.